The Morgan fingerprint density at radius 3 is 2.59 bits per heavy atom. The number of aliphatic hydroxyl groups is 1. The molecule has 3 heteroatoms. The monoisotopic (exact) mass is 251 g/mol. The number of halogens is 1. The van der Waals surface area contributed by atoms with Crippen molar-refractivity contribution in [2.75, 3.05) is 6.61 Å². The van der Waals surface area contributed by atoms with Gasteiger partial charge in [-0.1, -0.05) is 24.6 Å². The normalized spacial score (nSPS) is 13.5. The zero-order valence-corrected chi connectivity index (χ0v) is 11.2. The molecule has 0 fully saturated rings. The zero-order chi connectivity index (χ0) is 12.6. The van der Waals surface area contributed by atoms with Crippen LogP contribution in [0, 0.1) is 0 Å². The van der Waals surface area contributed by atoms with Crippen LogP contribution < -0.4 is 0 Å². The van der Waals surface area contributed by atoms with E-state index in [-0.39, 0.29) is 12.5 Å². The molecule has 17 heavy (non-hydrogen) atoms. The summed E-state index contributed by atoms with van der Waals surface area (Å²) in [5.41, 5.74) is 2.27. The van der Waals surface area contributed by atoms with E-state index in [9.17, 15) is 5.11 Å². The maximum Gasteiger partial charge on any atom is 0.0502 e. The van der Waals surface area contributed by atoms with Gasteiger partial charge in [0.05, 0.1) is 10.5 Å². The van der Waals surface area contributed by atoms with Crippen LogP contribution in [0.15, 0.2) is 24.4 Å². The lowest BCUT2D eigenvalue weighted by molar-refractivity contribution is 0.273. The molecule has 2 rings (SSSR count). The van der Waals surface area contributed by atoms with E-state index >= 15 is 0 Å². The van der Waals surface area contributed by atoms with Crippen molar-refractivity contribution in [1.29, 1.82) is 0 Å². The Morgan fingerprint density at radius 1 is 1.29 bits per heavy atom. The lowest BCUT2D eigenvalue weighted by Crippen LogP contribution is -1.99. The Kier molecular flexibility index (Phi) is 3.45. The van der Waals surface area contributed by atoms with Gasteiger partial charge in [0.1, 0.15) is 0 Å². The fourth-order valence-electron chi connectivity index (χ4n) is 2.20. The second kappa shape index (κ2) is 4.71. The number of rotatable bonds is 3. The summed E-state index contributed by atoms with van der Waals surface area (Å²) in [6.45, 7) is 6.45. The predicted molar refractivity (Wildman–Crippen MR) is 72.8 cm³/mol. The number of aromatic nitrogens is 1. The first-order valence-corrected chi connectivity index (χ1v) is 6.33. The van der Waals surface area contributed by atoms with Crippen LogP contribution in [0.4, 0.5) is 0 Å². The topological polar surface area (TPSA) is 25.2 Å². The lowest BCUT2D eigenvalue weighted by Gasteiger charge is -2.08. The Hall–Kier alpha value is -0.990. The van der Waals surface area contributed by atoms with Gasteiger partial charge in [0.15, 0.2) is 0 Å². The summed E-state index contributed by atoms with van der Waals surface area (Å²) in [4.78, 5) is 0. The van der Waals surface area contributed by atoms with Crippen molar-refractivity contribution in [3.05, 3.63) is 35.0 Å². The fourth-order valence-corrected chi connectivity index (χ4v) is 2.48. The van der Waals surface area contributed by atoms with Gasteiger partial charge < -0.3 is 9.67 Å². The van der Waals surface area contributed by atoms with Crippen LogP contribution in [-0.2, 0) is 0 Å². The molecule has 92 valence electrons. The molecule has 1 unspecified atom stereocenters. The molecule has 2 nitrogen and oxygen atoms in total. The standard InChI is InChI=1S/C14H18ClNO/c1-9(2)16-7-11(10(3)8-17)14-12(15)5-4-6-13(14)16/h4-7,9-10,17H,8H2,1-3H3. The molecule has 1 atom stereocenters. The Morgan fingerprint density at radius 2 is 2.00 bits per heavy atom. The fraction of sp³-hybridized carbons (Fsp3) is 0.429. The number of benzene rings is 1. The minimum atomic E-state index is 0.109. The molecule has 1 heterocycles. The van der Waals surface area contributed by atoms with Crippen molar-refractivity contribution in [2.24, 2.45) is 0 Å². The van der Waals surface area contributed by atoms with Crippen LogP contribution in [-0.4, -0.2) is 16.3 Å². The maximum atomic E-state index is 9.33. The van der Waals surface area contributed by atoms with Gasteiger partial charge in [-0.25, -0.2) is 0 Å². The number of fused-ring (bicyclic) bond motifs is 1. The van der Waals surface area contributed by atoms with Gasteiger partial charge in [-0.3, -0.25) is 0 Å². The first-order valence-electron chi connectivity index (χ1n) is 5.96. The molecule has 2 aromatic rings. The average molecular weight is 252 g/mol. The predicted octanol–water partition coefficient (Wildman–Crippen LogP) is 3.97. The van der Waals surface area contributed by atoms with Crippen molar-refractivity contribution >= 4 is 22.5 Å². The molecule has 0 spiro atoms. The first kappa shape index (κ1) is 12.5. The van der Waals surface area contributed by atoms with E-state index in [0.717, 1.165) is 21.5 Å². The lowest BCUT2D eigenvalue weighted by atomic mass is 10.0. The molecule has 0 amide bonds. The van der Waals surface area contributed by atoms with Gasteiger partial charge in [-0.05, 0) is 31.5 Å². The van der Waals surface area contributed by atoms with E-state index in [2.05, 4.69) is 30.7 Å². The SMILES string of the molecule is CC(CO)c1cn(C(C)C)c2cccc(Cl)c12. The van der Waals surface area contributed by atoms with Crippen LogP contribution >= 0.6 is 11.6 Å². The quantitative estimate of drug-likeness (QED) is 0.877. The van der Waals surface area contributed by atoms with Crippen LogP contribution in [0.25, 0.3) is 10.9 Å². The van der Waals surface area contributed by atoms with Gasteiger partial charge >= 0.3 is 0 Å². The van der Waals surface area contributed by atoms with E-state index < -0.39 is 0 Å². The minimum absolute atomic E-state index is 0.109. The first-order chi connectivity index (χ1) is 8.06. The molecule has 1 aromatic heterocycles. The van der Waals surface area contributed by atoms with Crippen molar-refractivity contribution in [3.63, 3.8) is 0 Å². The summed E-state index contributed by atoms with van der Waals surface area (Å²) >= 11 is 6.29. The van der Waals surface area contributed by atoms with Crippen LogP contribution in [0.5, 0.6) is 0 Å². The van der Waals surface area contributed by atoms with E-state index in [1.807, 2.05) is 19.1 Å². The summed E-state index contributed by atoms with van der Waals surface area (Å²) < 4.78 is 2.21. The van der Waals surface area contributed by atoms with E-state index in [4.69, 9.17) is 11.6 Å². The summed E-state index contributed by atoms with van der Waals surface area (Å²) in [6, 6.07) is 6.34. The van der Waals surface area contributed by atoms with Crippen LogP contribution in [0.1, 0.15) is 38.3 Å². The number of nitrogens with zero attached hydrogens (tertiary/aromatic N) is 1. The molecule has 0 aliphatic carbocycles. The van der Waals surface area contributed by atoms with Crippen molar-refractivity contribution in [2.45, 2.75) is 32.7 Å². The van der Waals surface area contributed by atoms with Crippen molar-refractivity contribution in [1.82, 2.24) is 4.57 Å². The summed E-state index contributed by atoms with van der Waals surface area (Å²) in [5.74, 6) is 0.109. The summed E-state index contributed by atoms with van der Waals surface area (Å²) in [5, 5.41) is 11.2. The largest absolute Gasteiger partial charge is 0.396 e. The Labute approximate surface area is 107 Å². The molecule has 0 bridgehead atoms. The van der Waals surface area contributed by atoms with Crippen LogP contribution in [0.2, 0.25) is 5.02 Å². The van der Waals surface area contributed by atoms with E-state index in [0.29, 0.717) is 6.04 Å². The number of aliphatic hydroxyl groups excluding tert-OH is 1. The van der Waals surface area contributed by atoms with E-state index in [1.54, 1.807) is 0 Å². The van der Waals surface area contributed by atoms with Gasteiger partial charge in [0.2, 0.25) is 0 Å². The molecular weight excluding hydrogens is 234 g/mol. The van der Waals surface area contributed by atoms with Gasteiger partial charge in [0, 0.05) is 30.1 Å². The molecule has 1 aromatic carbocycles. The molecule has 1 N–H and O–H groups in total. The number of hydrogen-bond acceptors (Lipinski definition) is 1. The highest BCUT2D eigenvalue weighted by molar-refractivity contribution is 6.35. The van der Waals surface area contributed by atoms with Crippen molar-refractivity contribution in [3.8, 4) is 0 Å². The Bertz CT molecular complexity index is 530. The summed E-state index contributed by atoms with van der Waals surface area (Å²) in [6.07, 6.45) is 2.11. The third kappa shape index (κ3) is 2.07. The highest BCUT2D eigenvalue weighted by Gasteiger charge is 2.16. The average Bonchev–Trinajstić information content (AvgIpc) is 2.69. The van der Waals surface area contributed by atoms with Crippen LogP contribution in [0.3, 0.4) is 0 Å². The van der Waals surface area contributed by atoms with Gasteiger partial charge in [-0.15, -0.1) is 0 Å². The second-order valence-electron chi connectivity index (χ2n) is 4.80. The molecule has 0 radical (unpaired) electrons. The smallest absolute Gasteiger partial charge is 0.0502 e. The summed E-state index contributed by atoms with van der Waals surface area (Å²) in [7, 11) is 0. The minimum Gasteiger partial charge on any atom is -0.396 e. The third-order valence-corrected chi connectivity index (χ3v) is 3.51. The van der Waals surface area contributed by atoms with Gasteiger partial charge in [0.25, 0.3) is 0 Å². The zero-order valence-electron chi connectivity index (χ0n) is 10.4. The highest BCUT2D eigenvalue weighted by Crippen LogP contribution is 2.34. The number of hydrogen-bond donors (Lipinski definition) is 1. The molecule has 0 saturated carbocycles. The van der Waals surface area contributed by atoms with E-state index in [1.165, 1.54) is 0 Å². The van der Waals surface area contributed by atoms with Crippen molar-refractivity contribution < 1.29 is 5.11 Å². The maximum absolute atomic E-state index is 9.33. The molecule has 0 aliphatic heterocycles. The molecular formula is C14H18ClNO. The Balaban J connectivity index is 2.76. The third-order valence-electron chi connectivity index (χ3n) is 3.20. The van der Waals surface area contributed by atoms with Gasteiger partial charge in [-0.2, -0.15) is 0 Å². The second-order valence-corrected chi connectivity index (χ2v) is 5.21. The molecule has 0 saturated heterocycles. The highest BCUT2D eigenvalue weighted by atomic mass is 35.5. The molecule has 0 aliphatic rings.